The molecule has 94 valence electrons. The van der Waals surface area contributed by atoms with Crippen LogP contribution in [0.2, 0.25) is 0 Å². The topological polar surface area (TPSA) is 40.5 Å². The normalized spacial score (nSPS) is 12.7. The minimum Gasteiger partial charge on any atom is -0.481 e. The highest BCUT2D eigenvalue weighted by atomic mass is 19.1. The first-order valence-electron chi connectivity index (χ1n) is 5.70. The van der Waals surface area contributed by atoms with Gasteiger partial charge in [0.15, 0.2) is 0 Å². The SMILES string of the molecule is CCC(CC(=O)O)N(C)Cc1ccccc1F. The number of carboxylic acids is 1. The van der Waals surface area contributed by atoms with Crippen LogP contribution in [0.4, 0.5) is 4.39 Å². The molecular weight excluding hydrogens is 221 g/mol. The van der Waals surface area contributed by atoms with E-state index in [-0.39, 0.29) is 18.3 Å². The molecule has 0 aliphatic rings. The van der Waals surface area contributed by atoms with Crippen molar-refractivity contribution >= 4 is 5.97 Å². The van der Waals surface area contributed by atoms with Crippen LogP contribution in [0.5, 0.6) is 0 Å². The predicted octanol–water partition coefficient (Wildman–Crippen LogP) is 2.51. The van der Waals surface area contributed by atoms with E-state index in [1.807, 2.05) is 18.9 Å². The largest absolute Gasteiger partial charge is 0.481 e. The standard InChI is InChI=1S/C13H18FNO2/c1-3-11(8-13(16)17)15(2)9-10-6-4-5-7-12(10)14/h4-7,11H,3,8-9H2,1-2H3,(H,16,17). The molecule has 0 aromatic heterocycles. The molecule has 0 bridgehead atoms. The lowest BCUT2D eigenvalue weighted by Crippen LogP contribution is -2.33. The van der Waals surface area contributed by atoms with E-state index < -0.39 is 5.97 Å². The third kappa shape index (κ3) is 4.15. The van der Waals surface area contributed by atoms with Crippen LogP contribution in [0.15, 0.2) is 24.3 Å². The summed E-state index contributed by atoms with van der Waals surface area (Å²) in [5.74, 6) is -1.07. The fourth-order valence-electron chi connectivity index (χ4n) is 1.84. The van der Waals surface area contributed by atoms with E-state index in [9.17, 15) is 9.18 Å². The van der Waals surface area contributed by atoms with Crippen LogP contribution in [-0.4, -0.2) is 29.1 Å². The summed E-state index contributed by atoms with van der Waals surface area (Å²) in [6.07, 6.45) is 0.818. The van der Waals surface area contributed by atoms with E-state index in [1.165, 1.54) is 6.07 Å². The molecule has 17 heavy (non-hydrogen) atoms. The lowest BCUT2D eigenvalue weighted by atomic mass is 10.1. The minimum atomic E-state index is -0.822. The molecule has 1 aromatic carbocycles. The lowest BCUT2D eigenvalue weighted by molar-refractivity contribution is -0.138. The second-order valence-electron chi connectivity index (χ2n) is 4.17. The quantitative estimate of drug-likeness (QED) is 0.829. The number of aliphatic carboxylic acids is 1. The van der Waals surface area contributed by atoms with Crippen molar-refractivity contribution < 1.29 is 14.3 Å². The fourth-order valence-corrected chi connectivity index (χ4v) is 1.84. The van der Waals surface area contributed by atoms with Gasteiger partial charge in [0.2, 0.25) is 0 Å². The summed E-state index contributed by atoms with van der Waals surface area (Å²) in [7, 11) is 1.82. The van der Waals surface area contributed by atoms with Crippen molar-refractivity contribution in [3.63, 3.8) is 0 Å². The molecule has 0 aliphatic heterocycles. The number of rotatable bonds is 6. The summed E-state index contributed by atoms with van der Waals surface area (Å²) >= 11 is 0. The number of carboxylic acid groups (broad SMARTS) is 1. The molecule has 4 heteroatoms. The number of benzene rings is 1. The van der Waals surface area contributed by atoms with Crippen LogP contribution in [0, 0.1) is 5.82 Å². The van der Waals surface area contributed by atoms with Crippen molar-refractivity contribution in [1.82, 2.24) is 4.90 Å². The smallest absolute Gasteiger partial charge is 0.304 e. The Kier molecular flexibility index (Phi) is 5.10. The summed E-state index contributed by atoms with van der Waals surface area (Å²) in [6, 6.07) is 6.51. The first-order chi connectivity index (χ1) is 8.04. The van der Waals surface area contributed by atoms with Gasteiger partial charge in [0, 0.05) is 18.2 Å². The predicted molar refractivity (Wildman–Crippen MR) is 64.2 cm³/mol. The highest BCUT2D eigenvalue weighted by Gasteiger charge is 2.17. The molecule has 1 atom stereocenters. The maximum atomic E-state index is 13.4. The average Bonchev–Trinajstić information content (AvgIpc) is 2.28. The van der Waals surface area contributed by atoms with Crippen molar-refractivity contribution in [2.24, 2.45) is 0 Å². The Morgan fingerprint density at radius 3 is 2.65 bits per heavy atom. The maximum absolute atomic E-state index is 13.4. The van der Waals surface area contributed by atoms with E-state index in [2.05, 4.69) is 0 Å². The second-order valence-corrected chi connectivity index (χ2v) is 4.17. The highest BCUT2D eigenvalue weighted by molar-refractivity contribution is 5.67. The van der Waals surface area contributed by atoms with Gasteiger partial charge in [-0.05, 0) is 19.5 Å². The Morgan fingerprint density at radius 1 is 1.47 bits per heavy atom. The molecule has 0 saturated carbocycles. The summed E-state index contributed by atoms with van der Waals surface area (Å²) in [5, 5.41) is 8.78. The van der Waals surface area contributed by atoms with Crippen LogP contribution >= 0.6 is 0 Å². The Bertz CT molecular complexity index is 381. The zero-order valence-corrected chi connectivity index (χ0v) is 10.2. The van der Waals surface area contributed by atoms with Crippen molar-refractivity contribution in [3.8, 4) is 0 Å². The molecule has 1 N–H and O–H groups in total. The Hall–Kier alpha value is -1.42. The zero-order chi connectivity index (χ0) is 12.8. The highest BCUT2D eigenvalue weighted by Crippen LogP contribution is 2.14. The van der Waals surface area contributed by atoms with Crippen LogP contribution < -0.4 is 0 Å². The molecule has 0 fully saturated rings. The molecule has 1 aromatic rings. The van der Waals surface area contributed by atoms with E-state index in [4.69, 9.17) is 5.11 Å². The van der Waals surface area contributed by atoms with Gasteiger partial charge in [0.05, 0.1) is 6.42 Å². The molecular formula is C13H18FNO2. The van der Waals surface area contributed by atoms with Gasteiger partial charge in [-0.25, -0.2) is 4.39 Å². The molecule has 0 radical (unpaired) electrons. The number of carbonyl (C=O) groups is 1. The Morgan fingerprint density at radius 2 is 2.12 bits per heavy atom. The van der Waals surface area contributed by atoms with Gasteiger partial charge in [0.25, 0.3) is 0 Å². The van der Waals surface area contributed by atoms with Gasteiger partial charge in [-0.15, -0.1) is 0 Å². The number of hydrogen-bond donors (Lipinski definition) is 1. The lowest BCUT2D eigenvalue weighted by Gasteiger charge is -2.25. The molecule has 0 heterocycles. The first kappa shape index (κ1) is 13.6. The van der Waals surface area contributed by atoms with Crippen LogP contribution in [0.3, 0.4) is 0 Å². The van der Waals surface area contributed by atoms with Crippen molar-refractivity contribution in [1.29, 1.82) is 0 Å². The number of nitrogens with zero attached hydrogens (tertiary/aromatic N) is 1. The van der Waals surface area contributed by atoms with Gasteiger partial charge in [-0.2, -0.15) is 0 Å². The number of hydrogen-bond acceptors (Lipinski definition) is 2. The minimum absolute atomic E-state index is 0.0629. The summed E-state index contributed by atoms with van der Waals surface area (Å²) in [6.45, 7) is 2.36. The first-order valence-corrected chi connectivity index (χ1v) is 5.70. The Balaban J connectivity index is 2.67. The van der Waals surface area contributed by atoms with Gasteiger partial charge in [0.1, 0.15) is 5.82 Å². The molecule has 3 nitrogen and oxygen atoms in total. The van der Waals surface area contributed by atoms with E-state index >= 15 is 0 Å². The molecule has 1 unspecified atom stereocenters. The van der Waals surface area contributed by atoms with E-state index in [0.717, 1.165) is 6.42 Å². The van der Waals surface area contributed by atoms with Crippen LogP contribution in [-0.2, 0) is 11.3 Å². The van der Waals surface area contributed by atoms with Crippen LogP contribution in [0.25, 0.3) is 0 Å². The molecule has 0 spiro atoms. The molecule has 1 rings (SSSR count). The third-order valence-corrected chi connectivity index (χ3v) is 2.88. The van der Waals surface area contributed by atoms with Crippen LogP contribution in [0.1, 0.15) is 25.3 Å². The molecule has 0 saturated heterocycles. The zero-order valence-electron chi connectivity index (χ0n) is 10.2. The maximum Gasteiger partial charge on any atom is 0.304 e. The van der Waals surface area contributed by atoms with E-state index in [0.29, 0.717) is 12.1 Å². The second kappa shape index (κ2) is 6.35. The van der Waals surface area contributed by atoms with Gasteiger partial charge >= 0.3 is 5.97 Å². The fraction of sp³-hybridized carbons (Fsp3) is 0.462. The summed E-state index contributed by atoms with van der Waals surface area (Å²) < 4.78 is 13.4. The molecule has 0 aliphatic carbocycles. The number of halogens is 1. The van der Waals surface area contributed by atoms with Crippen molar-refractivity contribution in [2.45, 2.75) is 32.4 Å². The average molecular weight is 239 g/mol. The Labute approximate surface area is 101 Å². The molecule has 0 amide bonds. The van der Waals surface area contributed by atoms with Gasteiger partial charge in [-0.3, -0.25) is 9.69 Å². The van der Waals surface area contributed by atoms with Crippen molar-refractivity contribution in [2.75, 3.05) is 7.05 Å². The van der Waals surface area contributed by atoms with Gasteiger partial charge in [-0.1, -0.05) is 25.1 Å². The van der Waals surface area contributed by atoms with Crippen molar-refractivity contribution in [3.05, 3.63) is 35.6 Å². The van der Waals surface area contributed by atoms with E-state index in [1.54, 1.807) is 18.2 Å². The van der Waals surface area contributed by atoms with Gasteiger partial charge < -0.3 is 5.11 Å². The monoisotopic (exact) mass is 239 g/mol. The summed E-state index contributed by atoms with van der Waals surface area (Å²) in [4.78, 5) is 12.6. The third-order valence-electron chi connectivity index (χ3n) is 2.88. The summed E-state index contributed by atoms with van der Waals surface area (Å²) in [5.41, 5.74) is 0.596.